The molecule has 19 heavy (non-hydrogen) atoms. The zero-order chi connectivity index (χ0) is 13.4. The minimum atomic E-state index is -0.609. The fraction of sp³-hybridized carbons (Fsp3) is 0.308. The van der Waals surface area contributed by atoms with Gasteiger partial charge in [0.1, 0.15) is 5.82 Å². The Morgan fingerprint density at radius 2 is 2.05 bits per heavy atom. The van der Waals surface area contributed by atoms with Crippen molar-refractivity contribution in [1.29, 1.82) is 0 Å². The quantitative estimate of drug-likeness (QED) is 0.617. The molecule has 1 aliphatic rings. The summed E-state index contributed by atoms with van der Waals surface area (Å²) in [5, 5.41) is 10.8. The molecule has 1 aliphatic carbocycles. The molecule has 3 rings (SSSR count). The zero-order valence-corrected chi connectivity index (χ0v) is 10.2. The molecule has 0 spiro atoms. The number of hydrogen-bond acceptors (Lipinski definition) is 3. The van der Waals surface area contributed by atoms with Gasteiger partial charge >= 0.3 is 0 Å². The Balaban J connectivity index is 2.11. The van der Waals surface area contributed by atoms with Crippen molar-refractivity contribution in [2.24, 2.45) is 0 Å². The number of nitro groups is 1. The first kappa shape index (κ1) is 11.8. The van der Waals surface area contributed by atoms with Crippen molar-refractivity contribution < 1.29 is 9.31 Å². The smallest absolute Gasteiger partial charge is 0.274 e. The summed E-state index contributed by atoms with van der Waals surface area (Å²) < 4.78 is 15.2. The van der Waals surface area contributed by atoms with Gasteiger partial charge in [-0.1, -0.05) is 0 Å². The second kappa shape index (κ2) is 4.46. The molecular formula is C13H12FN3O2. The van der Waals surface area contributed by atoms with Gasteiger partial charge in [0.2, 0.25) is 0 Å². The van der Waals surface area contributed by atoms with E-state index in [-0.39, 0.29) is 5.69 Å². The highest BCUT2D eigenvalue weighted by molar-refractivity contribution is 5.45. The summed E-state index contributed by atoms with van der Waals surface area (Å²) in [6, 6.07) is 3.59. The van der Waals surface area contributed by atoms with E-state index < -0.39 is 10.7 Å². The summed E-state index contributed by atoms with van der Waals surface area (Å²) in [5.41, 5.74) is 2.26. The van der Waals surface area contributed by atoms with Crippen molar-refractivity contribution in [3.05, 3.63) is 51.8 Å². The van der Waals surface area contributed by atoms with Crippen molar-refractivity contribution in [1.82, 2.24) is 9.55 Å². The monoisotopic (exact) mass is 261 g/mol. The topological polar surface area (TPSA) is 61.0 Å². The van der Waals surface area contributed by atoms with Crippen LogP contribution in [-0.4, -0.2) is 14.5 Å². The molecule has 6 heteroatoms. The Labute approximate surface area is 108 Å². The number of nitro benzene ring substituents is 1. The maximum absolute atomic E-state index is 13.5. The summed E-state index contributed by atoms with van der Waals surface area (Å²) >= 11 is 0. The molecule has 0 saturated heterocycles. The van der Waals surface area contributed by atoms with E-state index in [4.69, 9.17) is 0 Å². The molecule has 0 N–H and O–H groups in total. The Bertz CT molecular complexity index is 651. The molecule has 5 nitrogen and oxygen atoms in total. The third kappa shape index (κ3) is 2.09. The molecule has 2 aromatic rings. The average Bonchev–Trinajstić information content (AvgIpc) is 2.81. The molecule has 0 unspecified atom stereocenters. The van der Waals surface area contributed by atoms with Crippen molar-refractivity contribution in [2.45, 2.75) is 25.7 Å². The summed E-state index contributed by atoms with van der Waals surface area (Å²) in [4.78, 5) is 14.5. The van der Waals surface area contributed by atoms with Crippen LogP contribution >= 0.6 is 0 Å². The van der Waals surface area contributed by atoms with Crippen LogP contribution < -0.4 is 0 Å². The van der Waals surface area contributed by atoms with Crippen LogP contribution in [-0.2, 0) is 12.8 Å². The third-order valence-corrected chi connectivity index (χ3v) is 3.39. The molecule has 0 atom stereocenters. The van der Waals surface area contributed by atoms with E-state index in [0.29, 0.717) is 5.69 Å². The lowest BCUT2D eigenvalue weighted by Crippen LogP contribution is -2.07. The second-order valence-corrected chi connectivity index (χ2v) is 4.64. The Morgan fingerprint density at radius 1 is 1.26 bits per heavy atom. The molecule has 0 fully saturated rings. The van der Waals surface area contributed by atoms with Crippen LogP contribution in [0.2, 0.25) is 0 Å². The zero-order valence-electron chi connectivity index (χ0n) is 10.2. The van der Waals surface area contributed by atoms with Crippen molar-refractivity contribution in [3.63, 3.8) is 0 Å². The number of benzene rings is 1. The highest BCUT2D eigenvalue weighted by atomic mass is 19.1. The Hall–Kier alpha value is -2.24. The second-order valence-electron chi connectivity index (χ2n) is 4.64. The summed E-state index contributed by atoms with van der Waals surface area (Å²) in [6.45, 7) is 0. The van der Waals surface area contributed by atoms with Gasteiger partial charge in [0, 0.05) is 11.8 Å². The standard InChI is InChI=1S/C13H12FN3O2/c14-9-5-10(7-11(6-9)17(18)19)16-8-15-12-3-1-2-4-13(12)16/h5-8H,1-4H2. The van der Waals surface area contributed by atoms with Crippen LogP contribution in [0.1, 0.15) is 24.2 Å². The van der Waals surface area contributed by atoms with Gasteiger partial charge in [-0.15, -0.1) is 0 Å². The Kier molecular flexibility index (Phi) is 2.77. The van der Waals surface area contributed by atoms with Crippen molar-refractivity contribution >= 4 is 5.69 Å². The fourth-order valence-electron chi connectivity index (χ4n) is 2.50. The Morgan fingerprint density at radius 3 is 2.84 bits per heavy atom. The van der Waals surface area contributed by atoms with Gasteiger partial charge in [-0.3, -0.25) is 10.1 Å². The summed E-state index contributed by atoms with van der Waals surface area (Å²) in [6.07, 6.45) is 5.58. The predicted molar refractivity (Wildman–Crippen MR) is 66.8 cm³/mol. The van der Waals surface area contributed by atoms with Gasteiger partial charge in [0.05, 0.1) is 28.7 Å². The molecule has 0 bridgehead atoms. The van der Waals surface area contributed by atoms with Crippen molar-refractivity contribution in [2.75, 3.05) is 0 Å². The van der Waals surface area contributed by atoms with Crippen LogP contribution in [0.4, 0.5) is 10.1 Å². The average molecular weight is 261 g/mol. The number of non-ortho nitro benzene ring substituents is 1. The first-order chi connectivity index (χ1) is 9.15. The van der Waals surface area contributed by atoms with Crippen LogP contribution in [0.3, 0.4) is 0 Å². The van der Waals surface area contributed by atoms with Gasteiger partial charge in [0.15, 0.2) is 0 Å². The predicted octanol–water partition coefficient (Wildman–Crippen LogP) is 2.80. The molecular weight excluding hydrogens is 249 g/mol. The van der Waals surface area contributed by atoms with Gasteiger partial charge in [0.25, 0.3) is 5.69 Å². The van der Waals surface area contributed by atoms with E-state index in [2.05, 4.69) is 4.98 Å². The van der Waals surface area contributed by atoms with E-state index in [9.17, 15) is 14.5 Å². The van der Waals surface area contributed by atoms with Crippen molar-refractivity contribution in [3.8, 4) is 5.69 Å². The molecule has 0 aliphatic heterocycles. The van der Waals surface area contributed by atoms with Gasteiger partial charge in [-0.2, -0.15) is 0 Å². The van der Waals surface area contributed by atoms with Crippen LogP contribution in [0.25, 0.3) is 5.69 Å². The van der Waals surface area contributed by atoms with E-state index in [0.717, 1.165) is 43.1 Å². The minimum absolute atomic E-state index is 0.242. The number of hydrogen-bond donors (Lipinski definition) is 0. The number of fused-ring (bicyclic) bond motifs is 1. The van der Waals surface area contributed by atoms with E-state index >= 15 is 0 Å². The highest BCUT2D eigenvalue weighted by Gasteiger charge is 2.18. The molecule has 1 aromatic heterocycles. The largest absolute Gasteiger partial charge is 0.303 e. The normalized spacial score (nSPS) is 14.2. The van der Waals surface area contributed by atoms with Gasteiger partial charge in [-0.05, 0) is 31.7 Å². The molecule has 0 radical (unpaired) electrons. The van der Waals surface area contributed by atoms with Crippen LogP contribution in [0, 0.1) is 15.9 Å². The summed E-state index contributed by atoms with van der Waals surface area (Å²) in [5.74, 6) is -0.609. The fourth-order valence-corrected chi connectivity index (χ4v) is 2.50. The van der Waals surface area contributed by atoms with Crippen LogP contribution in [0.15, 0.2) is 24.5 Å². The number of halogens is 1. The lowest BCUT2D eigenvalue weighted by Gasteiger charge is -2.13. The molecule has 98 valence electrons. The first-order valence-electron chi connectivity index (χ1n) is 6.15. The van der Waals surface area contributed by atoms with Gasteiger partial charge < -0.3 is 4.57 Å². The van der Waals surface area contributed by atoms with E-state index in [1.54, 1.807) is 10.9 Å². The third-order valence-electron chi connectivity index (χ3n) is 3.39. The minimum Gasteiger partial charge on any atom is -0.303 e. The number of imidazole rings is 1. The SMILES string of the molecule is O=[N+]([O-])c1cc(F)cc(-n2cnc3c2CCCC3)c1. The lowest BCUT2D eigenvalue weighted by molar-refractivity contribution is -0.385. The highest BCUT2D eigenvalue weighted by Crippen LogP contribution is 2.25. The molecule has 0 saturated carbocycles. The number of aromatic nitrogens is 2. The number of aryl methyl sites for hydroxylation is 1. The number of nitrogens with zero attached hydrogens (tertiary/aromatic N) is 3. The molecule has 0 amide bonds. The van der Waals surface area contributed by atoms with E-state index in [1.807, 2.05) is 0 Å². The maximum atomic E-state index is 13.5. The lowest BCUT2D eigenvalue weighted by atomic mass is 10.0. The van der Waals surface area contributed by atoms with Gasteiger partial charge in [-0.25, -0.2) is 9.37 Å². The van der Waals surface area contributed by atoms with E-state index in [1.165, 1.54) is 12.1 Å². The summed E-state index contributed by atoms with van der Waals surface area (Å²) in [7, 11) is 0. The first-order valence-corrected chi connectivity index (χ1v) is 6.15. The molecule has 1 aromatic carbocycles. The maximum Gasteiger partial charge on any atom is 0.274 e. The van der Waals surface area contributed by atoms with Crippen LogP contribution in [0.5, 0.6) is 0 Å². The number of rotatable bonds is 2. The molecule has 1 heterocycles.